The van der Waals surface area contributed by atoms with Crippen LogP contribution in [0.2, 0.25) is 0 Å². The largest absolute Gasteiger partial charge is 0.383 e. The van der Waals surface area contributed by atoms with Crippen LogP contribution in [-0.2, 0) is 11.3 Å². The number of pyridine rings is 1. The number of imidazole rings is 1. The number of nitrogens with one attached hydrogen (secondary N) is 2. The number of methoxy groups -OCH3 is 1. The molecular formula is C26H28FN7O4. The number of aryl methyl sites for hydroxylation is 1. The second-order valence-electron chi connectivity index (χ2n) is 9.08. The van der Waals surface area contributed by atoms with Crippen LogP contribution in [-0.4, -0.2) is 50.4 Å². The van der Waals surface area contributed by atoms with Crippen molar-refractivity contribution in [2.75, 3.05) is 30.5 Å². The molecule has 0 bridgehead atoms. The summed E-state index contributed by atoms with van der Waals surface area (Å²) in [4.78, 5) is 52.5. The number of aromatic amines is 1. The van der Waals surface area contributed by atoms with Gasteiger partial charge in [0.05, 0.1) is 18.8 Å². The van der Waals surface area contributed by atoms with Crippen molar-refractivity contribution in [3.8, 4) is 11.4 Å². The number of halogens is 1. The van der Waals surface area contributed by atoms with Gasteiger partial charge in [-0.3, -0.25) is 18.8 Å². The average Bonchev–Trinajstić information content (AvgIpc) is 3.65. The first-order valence-electron chi connectivity index (χ1n) is 12.5. The molecule has 1 saturated carbocycles. The number of fused-ring (bicyclic) bond motifs is 1. The number of hydrogen-bond donors (Lipinski definition) is 2. The maximum atomic E-state index is 14.1. The van der Waals surface area contributed by atoms with Crippen molar-refractivity contribution < 1.29 is 13.9 Å². The lowest BCUT2D eigenvalue weighted by atomic mass is 10.2. The molecule has 3 aromatic heterocycles. The lowest BCUT2D eigenvalue weighted by Gasteiger charge is -2.22. The highest BCUT2D eigenvalue weighted by Crippen LogP contribution is 2.32. The monoisotopic (exact) mass is 521 g/mol. The summed E-state index contributed by atoms with van der Waals surface area (Å²) in [5.41, 5.74) is 0.485. The molecule has 0 atom stereocenters. The lowest BCUT2D eigenvalue weighted by Crippen LogP contribution is -2.39. The summed E-state index contributed by atoms with van der Waals surface area (Å²) in [6.45, 7) is 2.81. The molecule has 3 heterocycles. The molecule has 1 aromatic carbocycles. The minimum Gasteiger partial charge on any atom is -0.383 e. The van der Waals surface area contributed by atoms with Gasteiger partial charge in [-0.25, -0.2) is 23.9 Å². The van der Waals surface area contributed by atoms with E-state index >= 15 is 0 Å². The molecule has 11 nitrogen and oxygen atoms in total. The van der Waals surface area contributed by atoms with Crippen LogP contribution in [0.4, 0.5) is 20.7 Å². The first kappa shape index (κ1) is 25.3. The van der Waals surface area contributed by atoms with Crippen LogP contribution in [0.3, 0.4) is 0 Å². The van der Waals surface area contributed by atoms with Gasteiger partial charge < -0.3 is 15.0 Å². The van der Waals surface area contributed by atoms with Crippen LogP contribution in [0.15, 0.2) is 52.2 Å². The molecule has 1 aliphatic rings. The van der Waals surface area contributed by atoms with E-state index in [-0.39, 0.29) is 41.6 Å². The number of H-pyrrole nitrogens is 1. The van der Waals surface area contributed by atoms with Gasteiger partial charge in [-0.2, -0.15) is 0 Å². The third-order valence-electron chi connectivity index (χ3n) is 6.35. The van der Waals surface area contributed by atoms with Gasteiger partial charge in [0.2, 0.25) is 0 Å². The van der Waals surface area contributed by atoms with E-state index in [2.05, 4.69) is 20.3 Å². The number of rotatable bonds is 9. The van der Waals surface area contributed by atoms with E-state index in [4.69, 9.17) is 4.74 Å². The van der Waals surface area contributed by atoms with Gasteiger partial charge in [-0.05, 0) is 43.5 Å². The number of hydrogen-bond acceptors (Lipinski definition) is 6. The number of benzene rings is 1. The molecule has 0 unspecified atom stereocenters. The summed E-state index contributed by atoms with van der Waals surface area (Å²) in [6.07, 6.45) is 3.85. The van der Waals surface area contributed by atoms with Crippen LogP contribution in [0.5, 0.6) is 0 Å². The Kier molecular flexibility index (Phi) is 7.05. The number of aromatic nitrogens is 5. The predicted octanol–water partition coefficient (Wildman–Crippen LogP) is 3.52. The van der Waals surface area contributed by atoms with Crippen LogP contribution in [0, 0.1) is 5.82 Å². The van der Waals surface area contributed by atoms with Gasteiger partial charge in [0.15, 0.2) is 5.65 Å². The van der Waals surface area contributed by atoms with E-state index in [0.29, 0.717) is 35.8 Å². The molecule has 5 rings (SSSR count). The molecule has 0 spiro atoms. The molecule has 0 saturated heterocycles. The Bertz CT molecular complexity index is 1590. The fourth-order valence-electron chi connectivity index (χ4n) is 4.29. The van der Waals surface area contributed by atoms with Crippen molar-refractivity contribution in [2.45, 2.75) is 38.8 Å². The number of anilines is 2. The zero-order chi connectivity index (χ0) is 26.8. The minimum atomic E-state index is -0.569. The third kappa shape index (κ3) is 4.82. The van der Waals surface area contributed by atoms with Crippen LogP contribution in [0.1, 0.15) is 32.2 Å². The van der Waals surface area contributed by atoms with Crippen LogP contribution in [0.25, 0.3) is 22.6 Å². The number of nitrogens with zero attached hydrogens (tertiary/aromatic N) is 5. The molecule has 12 heteroatoms. The van der Waals surface area contributed by atoms with E-state index in [9.17, 15) is 18.8 Å². The molecule has 198 valence electrons. The molecule has 4 aromatic rings. The second-order valence-corrected chi connectivity index (χ2v) is 9.08. The fraction of sp³-hybridized carbons (Fsp3) is 0.346. The second kappa shape index (κ2) is 10.6. The van der Waals surface area contributed by atoms with Crippen molar-refractivity contribution in [2.24, 2.45) is 0 Å². The predicted molar refractivity (Wildman–Crippen MR) is 141 cm³/mol. The molecule has 1 aliphatic carbocycles. The summed E-state index contributed by atoms with van der Waals surface area (Å²) in [6, 6.07) is 8.58. The van der Waals surface area contributed by atoms with Crippen molar-refractivity contribution in [3.63, 3.8) is 0 Å². The van der Waals surface area contributed by atoms with Crippen LogP contribution >= 0.6 is 0 Å². The highest BCUT2D eigenvalue weighted by molar-refractivity contribution is 6.01. The molecule has 0 radical (unpaired) electrons. The molecule has 1 fully saturated rings. The first-order valence-corrected chi connectivity index (χ1v) is 12.5. The van der Waals surface area contributed by atoms with E-state index in [0.717, 1.165) is 12.8 Å². The van der Waals surface area contributed by atoms with E-state index in [1.54, 1.807) is 18.2 Å². The van der Waals surface area contributed by atoms with Crippen molar-refractivity contribution in [1.82, 2.24) is 24.1 Å². The van der Waals surface area contributed by atoms with Gasteiger partial charge in [0, 0.05) is 31.5 Å². The zero-order valence-corrected chi connectivity index (χ0v) is 21.1. The van der Waals surface area contributed by atoms with Crippen molar-refractivity contribution in [3.05, 3.63) is 69.3 Å². The lowest BCUT2D eigenvalue weighted by molar-refractivity contribution is 0.204. The summed E-state index contributed by atoms with van der Waals surface area (Å²) >= 11 is 0. The Morgan fingerprint density at radius 2 is 2.03 bits per heavy atom. The number of ether oxygens (including phenoxy) is 1. The number of para-hydroxylation sites is 1. The maximum absolute atomic E-state index is 14.1. The van der Waals surface area contributed by atoms with Gasteiger partial charge in [0.1, 0.15) is 23.0 Å². The molecule has 2 N–H and O–H groups in total. The van der Waals surface area contributed by atoms with Crippen LogP contribution < -0.4 is 21.5 Å². The number of carbonyl (C=O) groups is 1. The Balaban J connectivity index is 1.47. The zero-order valence-electron chi connectivity index (χ0n) is 21.1. The highest BCUT2D eigenvalue weighted by Gasteiger charge is 2.30. The van der Waals surface area contributed by atoms with Gasteiger partial charge >= 0.3 is 11.7 Å². The topological polar surface area (TPSA) is 127 Å². The number of carbonyl (C=O) groups excluding carboxylic acids is 1. The molecule has 0 aliphatic heterocycles. The van der Waals surface area contributed by atoms with E-state index in [1.165, 1.54) is 45.5 Å². The Morgan fingerprint density at radius 3 is 2.68 bits per heavy atom. The van der Waals surface area contributed by atoms with Gasteiger partial charge in [-0.1, -0.05) is 19.1 Å². The van der Waals surface area contributed by atoms with Gasteiger partial charge in [0.25, 0.3) is 5.56 Å². The quantitative estimate of drug-likeness (QED) is 0.347. The smallest absolute Gasteiger partial charge is 0.333 e. The first-order chi connectivity index (χ1) is 18.4. The number of urea groups is 1. The standard InChI is InChI=1S/C26H28FN7O4/c1-3-12-33-23-21(24(35)34(26(33)37)17-9-10-17)30-22(31-23)16-8-11-20(28-15-16)32(13-14-38-2)25(36)29-19-7-5-4-6-18(19)27/h4-8,11,15,17H,3,9-10,12-14H2,1-2H3,(H,29,36)(H,30,31). The van der Waals surface area contributed by atoms with E-state index in [1.807, 2.05) is 6.92 Å². The maximum Gasteiger partial charge on any atom is 0.333 e. The summed E-state index contributed by atoms with van der Waals surface area (Å²) in [7, 11) is 1.51. The van der Waals surface area contributed by atoms with Gasteiger partial charge in [-0.15, -0.1) is 0 Å². The molecular weight excluding hydrogens is 493 g/mol. The number of amides is 2. The summed E-state index contributed by atoms with van der Waals surface area (Å²) < 4.78 is 22.1. The summed E-state index contributed by atoms with van der Waals surface area (Å²) in [5, 5.41) is 2.56. The Hall–Kier alpha value is -4.32. The third-order valence-corrected chi connectivity index (χ3v) is 6.35. The molecule has 38 heavy (non-hydrogen) atoms. The van der Waals surface area contributed by atoms with E-state index < -0.39 is 11.8 Å². The highest BCUT2D eigenvalue weighted by atomic mass is 19.1. The van der Waals surface area contributed by atoms with Crippen molar-refractivity contribution in [1.29, 1.82) is 0 Å². The fourth-order valence-corrected chi connectivity index (χ4v) is 4.29. The Morgan fingerprint density at radius 1 is 1.24 bits per heavy atom. The SMILES string of the molecule is CCCn1c(=O)n(C2CC2)c(=O)c2[nH]c(-c3ccc(N(CCOC)C(=O)Nc4ccccc4F)nc3)nc21. The average molecular weight is 522 g/mol. The summed E-state index contributed by atoms with van der Waals surface area (Å²) in [5.74, 6) is 0.144. The van der Waals surface area contributed by atoms with Crippen molar-refractivity contribution >= 4 is 28.7 Å². The Labute approximate surface area is 216 Å². The minimum absolute atomic E-state index is 0.0498. The molecule has 2 amide bonds. The normalized spacial score (nSPS) is 13.1.